The van der Waals surface area contributed by atoms with Gasteiger partial charge in [-0.25, -0.2) is 4.98 Å². The van der Waals surface area contributed by atoms with Crippen molar-refractivity contribution in [3.8, 4) is 32.8 Å². The standard InChI is InChI=1S/C21H23Cl2N3O3S/c1-11(2)29-19-17(23)6-14(8-24-19)20-25-26-21(30-20)15-5-13(4)18(7-16(15)22)28-10-12(3)9-27/h5-8,11-12,27H,9-10H2,1-4H3. The maximum Gasteiger partial charge on any atom is 0.232 e. The van der Waals surface area contributed by atoms with Gasteiger partial charge in [-0.1, -0.05) is 41.5 Å². The second-order valence-electron chi connectivity index (χ2n) is 7.29. The molecule has 0 bridgehead atoms. The minimum Gasteiger partial charge on any atom is -0.493 e. The molecule has 1 N–H and O–H groups in total. The number of aryl methyl sites for hydroxylation is 1. The lowest BCUT2D eigenvalue weighted by Crippen LogP contribution is -2.12. The molecule has 2 heterocycles. The third kappa shape index (κ3) is 5.40. The summed E-state index contributed by atoms with van der Waals surface area (Å²) in [5, 5.41) is 20.0. The van der Waals surface area contributed by atoms with Gasteiger partial charge >= 0.3 is 0 Å². The Bertz CT molecular complexity index is 1030. The average Bonchev–Trinajstić information content (AvgIpc) is 3.19. The molecule has 160 valence electrons. The Morgan fingerprint density at radius 2 is 1.80 bits per heavy atom. The van der Waals surface area contributed by atoms with Gasteiger partial charge in [-0.2, -0.15) is 0 Å². The first-order valence-corrected chi connectivity index (χ1v) is 11.1. The summed E-state index contributed by atoms with van der Waals surface area (Å²) in [5.41, 5.74) is 2.46. The minimum absolute atomic E-state index is 0.0156. The lowest BCUT2D eigenvalue weighted by molar-refractivity contribution is 0.174. The number of aromatic nitrogens is 3. The Hall–Kier alpha value is -1.93. The molecule has 30 heavy (non-hydrogen) atoms. The molecule has 2 aromatic heterocycles. The van der Waals surface area contributed by atoms with E-state index >= 15 is 0 Å². The van der Waals surface area contributed by atoms with Gasteiger partial charge in [0, 0.05) is 29.8 Å². The van der Waals surface area contributed by atoms with Gasteiger partial charge in [0.25, 0.3) is 0 Å². The van der Waals surface area contributed by atoms with Crippen molar-refractivity contribution in [1.82, 2.24) is 15.2 Å². The number of nitrogens with zero attached hydrogens (tertiary/aromatic N) is 3. The maximum atomic E-state index is 9.16. The van der Waals surface area contributed by atoms with Gasteiger partial charge in [-0.3, -0.25) is 0 Å². The summed E-state index contributed by atoms with van der Waals surface area (Å²) in [6, 6.07) is 5.47. The van der Waals surface area contributed by atoms with Crippen LogP contribution in [0.4, 0.5) is 0 Å². The van der Waals surface area contributed by atoms with E-state index in [0.29, 0.717) is 38.3 Å². The zero-order valence-electron chi connectivity index (χ0n) is 17.1. The SMILES string of the molecule is Cc1cc(-c2nnc(-c3cnc(OC(C)C)c(Cl)c3)s2)c(Cl)cc1OCC(C)CO. The fraction of sp³-hybridized carbons (Fsp3) is 0.381. The van der Waals surface area contributed by atoms with Gasteiger partial charge < -0.3 is 14.6 Å². The summed E-state index contributed by atoms with van der Waals surface area (Å²) >= 11 is 14.2. The topological polar surface area (TPSA) is 77.4 Å². The number of aliphatic hydroxyl groups is 1. The van der Waals surface area contributed by atoms with Crippen molar-refractivity contribution in [1.29, 1.82) is 0 Å². The second-order valence-corrected chi connectivity index (χ2v) is 9.08. The summed E-state index contributed by atoms with van der Waals surface area (Å²) in [5.74, 6) is 1.13. The first-order chi connectivity index (χ1) is 14.3. The second kappa shape index (κ2) is 9.92. The van der Waals surface area contributed by atoms with Crippen LogP contribution in [0.15, 0.2) is 24.4 Å². The highest BCUT2D eigenvalue weighted by molar-refractivity contribution is 7.18. The van der Waals surface area contributed by atoms with E-state index in [4.69, 9.17) is 37.8 Å². The normalized spacial score (nSPS) is 12.3. The summed E-state index contributed by atoms with van der Waals surface area (Å²) < 4.78 is 11.3. The van der Waals surface area contributed by atoms with Crippen LogP contribution in [0, 0.1) is 12.8 Å². The fourth-order valence-corrected chi connectivity index (χ4v) is 3.93. The molecule has 0 aliphatic rings. The summed E-state index contributed by atoms with van der Waals surface area (Å²) in [7, 11) is 0. The molecule has 3 aromatic rings. The molecule has 0 radical (unpaired) electrons. The third-order valence-corrected chi connectivity index (χ3v) is 5.75. The predicted octanol–water partition coefficient (Wildman–Crippen LogP) is 5.68. The molecule has 9 heteroatoms. The van der Waals surface area contributed by atoms with Crippen LogP contribution in [0.1, 0.15) is 26.3 Å². The molecule has 0 aliphatic heterocycles. The molecule has 0 aliphatic carbocycles. The quantitative estimate of drug-likeness (QED) is 0.459. The van der Waals surface area contributed by atoms with E-state index in [0.717, 1.165) is 16.7 Å². The molecular formula is C21H23Cl2N3O3S. The van der Waals surface area contributed by atoms with Crippen molar-refractivity contribution in [3.05, 3.63) is 40.0 Å². The van der Waals surface area contributed by atoms with E-state index in [1.807, 2.05) is 33.8 Å². The smallest absolute Gasteiger partial charge is 0.232 e. The molecule has 0 saturated carbocycles. The lowest BCUT2D eigenvalue weighted by Gasteiger charge is -2.14. The monoisotopic (exact) mass is 467 g/mol. The molecule has 1 unspecified atom stereocenters. The van der Waals surface area contributed by atoms with Crippen LogP contribution in [-0.2, 0) is 0 Å². The van der Waals surface area contributed by atoms with E-state index in [1.54, 1.807) is 18.3 Å². The highest BCUT2D eigenvalue weighted by Gasteiger charge is 2.16. The molecule has 0 spiro atoms. The first kappa shape index (κ1) is 22.7. The van der Waals surface area contributed by atoms with Crippen molar-refractivity contribution in [2.24, 2.45) is 5.92 Å². The lowest BCUT2D eigenvalue weighted by atomic mass is 10.1. The van der Waals surface area contributed by atoms with Crippen molar-refractivity contribution in [3.63, 3.8) is 0 Å². The summed E-state index contributed by atoms with van der Waals surface area (Å²) in [4.78, 5) is 4.29. The summed E-state index contributed by atoms with van der Waals surface area (Å²) in [6.07, 6.45) is 1.65. The van der Waals surface area contributed by atoms with Gasteiger partial charge in [0.1, 0.15) is 20.8 Å². The van der Waals surface area contributed by atoms with Gasteiger partial charge in [-0.15, -0.1) is 10.2 Å². The zero-order valence-corrected chi connectivity index (χ0v) is 19.5. The van der Waals surface area contributed by atoms with E-state index in [2.05, 4.69) is 15.2 Å². The van der Waals surface area contributed by atoms with E-state index in [9.17, 15) is 0 Å². The molecule has 0 saturated heterocycles. The molecule has 3 rings (SSSR count). The van der Waals surface area contributed by atoms with E-state index < -0.39 is 0 Å². The van der Waals surface area contributed by atoms with Crippen molar-refractivity contribution in [2.75, 3.05) is 13.2 Å². The molecule has 0 amide bonds. The average molecular weight is 468 g/mol. The largest absolute Gasteiger partial charge is 0.493 e. The maximum absolute atomic E-state index is 9.16. The highest BCUT2D eigenvalue weighted by Crippen LogP contribution is 2.38. The van der Waals surface area contributed by atoms with E-state index in [1.165, 1.54) is 11.3 Å². The Kier molecular flexibility index (Phi) is 7.52. The predicted molar refractivity (Wildman–Crippen MR) is 121 cm³/mol. The Morgan fingerprint density at radius 3 is 2.47 bits per heavy atom. The van der Waals surface area contributed by atoms with Crippen LogP contribution >= 0.6 is 34.5 Å². The number of aliphatic hydroxyl groups excluding tert-OH is 1. The molecule has 6 nitrogen and oxygen atoms in total. The first-order valence-electron chi connectivity index (χ1n) is 9.48. The van der Waals surface area contributed by atoms with Gasteiger partial charge in [0.2, 0.25) is 5.88 Å². The Balaban J connectivity index is 1.84. The van der Waals surface area contributed by atoms with Crippen molar-refractivity contribution in [2.45, 2.75) is 33.8 Å². The van der Waals surface area contributed by atoms with Crippen LogP contribution in [0.3, 0.4) is 0 Å². The van der Waals surface area contributed by atoms with Crippen molar-refractivity contribution < 1.29 is 14.6 Å². The van der Waals surface area contributed by atoms with Crippen LogP contribution in [0.5, 0.6) is 11.6 Å². The number of benzene rings is 1. The number of rotatable bonds is 8. The molecule has 1 aromatic carbocycles. The van der Waals surface area contributed by atoms with Crippen LogP contribution in [0.25, 0.3) is 21.1 Å². The summed E-state index contributed by atoms with van der Waals surface area (Å²) in [6.45, 7) is 8.17. The van der Waals surface area contributed by atoms with Gasteiger partial charge in [0.05, 0.1) is 17.7 Å². The molecular weight excluding hydrogens is 445 g/mol. The Labute approximate surface area is 189 Å². The van der Waals surface area contributed by atoms with Gasteiger partial charge in [0.15, 0.2) is 0 Å². The number of halogens is 2. The number of hydrogen-bond acceptors (Lipinski definition) is 7. The number of hydrogen-bond donors (Lipinski definition) is 1. The van der Waals surface area contributed by atoms with Gasteiger partial charge in [-0.05, 0) is 44.5 Å². The Morgan fingerprint density at radius 1 is 1.07 bits per heavy atom. The zero-order chi connectivity index (χ0) is 21.8. The van der Waals surface area contributed by atoms with Crippen LogP contribution in [0.2, 0.25) is 10.0 Å². The van der Waals surface area contributed by atoms with Crippen LogP contribution < -0.4 is 9.47 Å². The highest BCUT2D eigenvalue weighted by atomic mass is 35.5. The minimum atomic E-state index is -0.0156. The fourth-order valence-electron chi connectivity index (χ4n) is 2.57. The molecule has 0 fully saturated rings. The number of pyridine rings is 1. The van der Waals surface area contributed by atoms with E-state index in [-0.39, 0.29) is 18.6 Å². The van der Waals surface area contributed by atoms with Crippen LogP contribution in [-0.4, -0.2) is 39.6 Å². The molecule has 1 atom stereocenters. The third-order valence-electron chi connectivity index (χ3n) is 4.16. The number of ether oxygens (including phenoxy) is 2. The van der Waals surface area contributed by atoms with Crippen molar-refractivity contribution >= 4 is 34.5 Å².